The predicted octanol–water partition coefficient (Wildman–Crippen LogP) is 1.81. The van der Waals surface area contributed by atoms with E-state index in [9.17, 15) is 4.79 Å². The Bertz CT molecular complexity index is 174. The zero-order chi connectivity index (χ0) is 9.19. The molecule has 0 unspecified atom stereocenters. The van der Waals surface area contributed by atoms with Gasteiger partial charge in [0.25, 0.3) is 0 Å². The second-order valence-corrected chi connectivity index (χ2v) is 4.19. The van der Waals surface area contributed by atoms with E-state index in [-0.39, 0.29) is 30.0 Å². The van der Waals surface area contributed by atoms with Gasteiger partial charge in [0, 0.05) is 5.54 Å². The van der Waals surface area contributed by atoms with Crippen LogP contribution in [0.1, 0.15) is 33.6 Å². The summed E-state index contributed by atoms with van der Waals surface area (Å²) >= 11 is 0. The molecule has 3 heteroatoms. The third kappa shape index (κ3) is 3.66. The van der Waals surface area contributed by atoms with Gasteiger partial charge in [0.05, 0.1) is 5.91 Å². The van der Waals surface area contributed by atoms with Crippen molar-refractivity contribution in [2.24, 2.45) is 0 Å². The van der Waals surface area contributed by atoms with Crippen molar-refractivity contribution >= 4 is 5.91 Å². The molecule has 1 fully saturated rings. The third-order valence-electron chi connectivity index (χ3n) is 2.08. The summed E-state index contributed by atoms with van der Waals surface area (Å²) in [4.78, 5) is 13.4. The molecule has 1 aliphatic rings. The summed E-state index contributed by atoms with van der Waals surface area (Å²) in [6.07, 6.45) is 5.88. The van der Waals surface area contributed by atoms with E-state index in [1.54, 1.807) is 6.42 Å². The molecule has 0 aromatic rings. The van der Waals surface area contributed by atoms with Gasteiger partial charge in [-0.05, 0) is 20.8 Å². The predicted molar refractivity (Wildman–Crippen MR) is 49.3 cm³/mol. The first kappa shape index (κ1) is 12.9. The van der Waals surface area contributed by atoms with Crippen LogP contribution in [0.5, 0.6) is 0 Å². The molecule has 2 nitrogen and oxygen atoms in total. The van der Waals surface area contributed by atoms with Crippen LogP contribution >= 0.6 is 0 Å². The molecule has 1 heterocycles. The maximum absolute atomic E-state index is 11.5. The van der Waals surface area contributed by atoms with Gasteiger partial charge in [0.2, 0.25) is 0 Å². The Labute approximate surface area is 92.9 Å². The van der Waals surface area contributed by atoms with Gasteiger partial charge in [0.15, 0.2) is 0 Å². The van der Waals surface area contributed by atoms with Crippen molar-refractivity contribution in [3.05, 3.63) is 12.8 Å². The summed E-state index contributed by atoms with van der Waals surface area (Å²) in [6.45, 7) is 6.99. The average Bonchev–Trinajstić information content (AvgIpc) is 2.11. The SMILES string of the molecule is CC(C)(C)N1C[CH-]CC[CH-]C1=O.[V+2]. The molecule has 0 spiro atoms. The number of hydrogen-bond acceptors (Lipinski definition) is 1. The Morgan fingerprint density at radius 3 is 2.46 bits per heavy atom. The summed E-state index contributed by atoms with van der Waals surface area (Å²) in [7, 11) is 0. The normalized spacial score (nSPS) is 18.7. The van der Waals surface area contributed by atoms with Crippen molar-refractivity contribution in [2.45, 2.75) is 39.2 Å². The Balaban J connectivity index is 0.00000144. The fourth-order valence-electron chi connectivity index (χ4n) is 1.35. The van der Waals surface area contributed by atoms with Crippen LogP contribution in [0.2, 0.25) is 0 Å². The minimum absolute atomic E-state index is 0. The van der Waals surface area contributed by atoms with Crippen LogP contribution in [-0.4, -0.2) is 22.9 Å². The first-order valence-corrected chi connectivity index (χ1v) is 4.48. The molecular weight excluding hydrogens is 201 g/mol. The van der Waals surface area contributed by atoms with Crippen molar-refractivity contribution in [1.82, 2.24) is 4.90 Å². The van der Waals surface area contributed by atoms with Gasteiger partial charge in [-0.2, -0.15) is 6.42 Å². The van der Waals surface area contributed by atoms with Crippen molar-refractivity contribution in [3.63, 3.8) is 0 Å². The second kappa shape index (κ2) is 4.97. The van der Waals surface area contributed by atoms with Crippen LogP contribution in [0, 0.1) is 12.8 Å². The molecule has 0 atom stereocenters. The molecule has 1 saturated heterocycles. The molecule has 73 valence electrons. The molecule has 0 N–H and O–H groups in total. The molecule has 13 heavy (non-hydrogen) atoms. The van der Waals surface area contributed by atoms with Crippen molar-refractivity contribution in [2.75, 3.05) is 6.54 Å². The van der Waals surface area contributed by atoms with E-state index in [0.717, 1.165) is 19.4 Å². The molecule has 0 aromatic heterocycles. The Kier molecular flexibility index (Phi) is 4.94. The monoisotopic (exact) mass is 218 g/mol. The first-order valence-electron chi connectivity index (χ1n) is 4.48. The van der Waals surface area contributed by atoms with Gasteiger partial charge in [-0.3, -0.25) is 0 Å². The van der Waals surface area contributed by atoms with Gasteiger partial charge in [-0.25, -0.2) is 6.42 Å². The third-order valence-corrected chi connectivity index (χ3v) is 2.08. The van der Waals surface area contributed by atoms with Crippen molar-refractivity contribution in [3.8, 4) is 0 Å². The summed E-state index contributed by atoms with van der Waals surface area (Å²) < 4.78 is 0. The summed E-state index contributed by atoms with van der Waals surface area (Å²) in [6, 6.07) is 0. The number of likely N-dealkylation sites (tertiary alicyclic amines) is 1. The second-order valence-electron chi connectivity index (χ2n) is 4.19. The summed E-state index contributed by atoms with van der Waals surface area (Å²) in [5.74, 6) is 0.177. The Morgan fingerprint density at radius 1 is 1.31 bits per heavy atom. The maximum atomic E-state index is 11.5. The Morgan fingerprint density at radius 2 is 1.92 bits per heavy atom. The van der Waals surface area contributed by atoms with E-state index < -0.39 is 0 Å². The number of carbonyl (C=O) groups excluding carboxylic acids is 1. The van der Waals surface area contributed by atoms with Crippen LogP contribution in [0.3, 0.4) is 0 Å². The number of amides is 1. The van der Waals surface area contributed by atoms with E-state index in [1.807, 2.05) is 4.90 Å². The molecular formula is C10H17NOV. The van der Waals surface area contributed by atoms with Gasteiger partial charge in [0.1, 0.15) is 0 Å². The van der Waals surface area contributed by atoms with E-state index in [1.165, 1.54) is 0 Å². The smallest absolute Gasteiger partial charge is 0.392 e. The number of rotatable bonds is 0. The van der Waals surface area contributed by atoms with Crippen LogP contribution in [-0.2, 0) is 23.4 Å². The molecule has 1 amide bonds. The summed E-state index contributed by atoms with van der Waals surface area (Å²) in [5.41, 5.74) is -0.0472. The molecule has 0 aliphatic carbocycles. The van der Waals surface area contributed by atoms with Crippen molar-refractivity contribution in [1.29, 1.82) is 0 Å². The van der Waals surface area contributed by atoms with Gasteiger partial charge < -0.3 is 22.5 Å². The quantitative estimate of drug-likeness (QED) is 0.568. The largest absolute Gasteiger partial charge is 2.00 e. The topological polar surface area (TPSA) is 20.3 Å². The average molecular weight is 218 g/mol. The van der Waals surface area contributed by atoms with Gasteiger partial charge in [-0.15, -0.1) is 6.54 Å². The maximum Gasteiger partial charge on any atom is 2.00 e. The molecule has 0 aromatic carbocycles. The molecule has 0 bridgehead atoms. The fraction of sp³-hybridized carbons (Fsp3) is 0.700. The van der Waals surface area contributed by atoms with E-state index in [4.69, 9.17) is 0 Å². The zero-order valence-corrected chi connectivity index (χ0v) is 9.98. The van der Waals surface area contributed by atoms with Gasteiger partial charge >= 0.3 is 18.6 Å². The first-order chi connectivity index (χ1) is 5.52. The van der Waals surface area contributed by atoms with Gasteiger partial charge in [-0.1, -0.05) is 0 Å². The zero-order valence-electron chi connectivity index (χ0n) is 8.58. The fourth-order valence-corrected chi connectivity index (χ4v) is 1.35. The van der Waals surface area contributed by atoms with E-state index in [2.05, 4.69) is 27.2 Å². The van der Waals surface area contributed by atoms with E-state index >= 15 is 0 Å². The molecule has 1 aliphatic heterocycles. The molecule has 1 rings (SSSR count). The van der Waals surface area contributed by atoms with Crippen LogP contribution in [0.4, 0.5) is 0 Å². The number of hydrogen-bond donors (Lipinski definition) is 0. The number of carbonyl (C=O) groups is 1. The standard InChI is InChI=1S/C10H17NO.V/c1-10(2,3)11-8-6-4-5-7-9(11)12;/h6-7H,4-5,8H2,1-3H3;/q-2;+2. The minimum Gasteiger partial charge on any atom is -0.392 e. The molecule has 1 radical (unpaired) electrons. The van der Waals surface area contributed by atoms with Crippen LogP contribution in [0.25, 0.3) is 0 Å². The Hall–Kier alpha value is -0.0756. The van der Waals surface area contributed by atoms with Crippen molar-refractivity contribution < 1.29 is 23.4 Å². The number of nitrogens with zero attached hydrogens (tertiary/aromatic N) is 1. The minimum atomic E-state index is -0.0472. The van der Waals surface area contributed by atoms with Crippen LogP contribution in [0.15, 0.2) is 0 Å². The molecule has 0 saturated carbocycles. The van der Waals surface area contributed by atoms with E-state index in [0.29, 0.717) is 0 Å². The summed E-state index contributed by atoms with van der Waals surface area (Å²) in [5, 5.41) is 0. The van der Waals surface area contributed by atoms with Crippen LogP contribution < -0.4 is 0 Å².